The van der Waals surface area contributed by atoms with E-state index in [9.17, 15) is 5.11 Å². The van der Waals surface area contributed by atoms with E-state index in [1.807, 2.05) is 19.1 Å². The average Bonchev–Trinajstić information content (AvgIpc) is 2.83. The van der Waals surface area contributed by atoms with Gasteiger partial charge in [0.25, 0.3) is 0 Å². The van der Waals surface area contributed by atoms with E-state index in [0.29, 0.717) is 23.9 Å². The van der Waals surface area contributed by atoms with Gasteiger partial charge in [0.15, 0.2) is 11.6 Å². The van der Waals surface area contributed by atoms with Crippen LogP contribution in [0.25, 0.3) is 11.4 Å². The minimum absolute atomic E-state index is 0.0811. The summed E-state index contributed by atoms with van der Waals surface area (Å²) in [4.78, 5) is 14.2. The second-order valence-electron chi connectivity index (χ2n) is 8.33. The molecule has 0 radical (unpaired) electrons. The summed E-state index contributed by atoms with van der Waals surface area (Å²) >= 11 is 1.70. The molecule has 1 N–H and O–H groups in total. The largest absolute Gasteiger partial charge is 0.436 e. The number of hydrogen-bond donors (Lipinski definition) is 1. The van der Waals surface area contributed by atoms with Gasteiger partial charge < -0.3 is 9.84 Å². The lowest BCUT2D eigenvalue weighted by Crippen LogP contribution is -2.13. The first-order valence-corrected chi connectivity index (χ1v) is 11.9. The molecule has 166 valence electrons. The van der Waals surface area contributed by atoms with Gasteiger partial charge in [-0.05, 0) is 38.0 Å². The third-order valence-corrected chi connectivity index (χ3v) is 7.03. The molecule has 0 aliphatic carbocycles. The summed E-state index contributed by atoms with van der Waals surface area (Å²) in [5, 5.41) is 10.8. The number of aryl methyl sites for hydroxylation is 3. The number of aromatic nitrogens is 3. The zero-order valence-corrected chi connectivity index (χ0v) is 19.7. The van der Waals surface area contributed by atoms with Crippen molar-refractivity contribution in [1.29, 1.82) is 0 Å². The van der Waals surface area contributed by atoms with Crippen molar-refractivity contribution in [3.05, 3.63) is 93.8 Å². The molecule has 3 heterocycles. The van der Waals surface area contributed by atoms with Gasteiger partial charge in [0, 0.05) is 35.1 Å². The number of nitrogens with zero attached hydrogens (tertiary/aromatic N) is 3. The van der Waals surface area contributed by atoms with Crippen molar-refractivity contribution >= 4 is 11.8 Å². The van der Waals surface area contributed by atoms with Crippen molar-refractivity contribution in [3.63, 3.8) is 0 Å². The molecule has 0 saturated carbocycles. The number of benzene rings is 2. The predicted molar refractivity (Wildman–Crippen MR) is 131 cm³/mol. The van der Waals surface area contributed by atoms with Crippen molar-refractivity contribution in [1.82, 2.24) is 15.0 Å². The Bertz CT molecular complexity index is 1350. The molecule has 2 aromatic heterocycles. The Kier molecular flexibility index (Phi) is 5.87. The lowest BCUT2D eigenvalue weighted by atomic mass is 9.99. The number of aliphatic hydroxyl groups excluding tert-OH is 1. The lowest BCUT2D eigenvalue weighted by molar-refractivity contribution is 0.278. The second-order valence-corrected chi connectivity index (χ2v) is 9.30. The molecule has 0 amide bonds. The number of ether oxygens (including phenoxy) is 1. The van der Waals surface area contributed by atoms with E-state index in [-0.39, 0.29) is 6.61 Å². The Labute approximate surface area is 197 Å². The Morgan fingerprint density at radius 3 is 2.61 bits per heavy atom. The quantitative estimate of drug-likeness (QED) is 0.261. The van der Waals surface area contributed by atoms with Crippen LogP contribution < -0.4 is 4.74 Å². The highest BCUT2D eigenvalue weighted by atomic mass is 32.2. The third kappa shape index (κ3) is 4.24. The van der Waals surface area contributed by atoms with E-state index < -0.39 is 0 Å². The fraction of sp³-hybridized carbons (Fsp3) is 0.222. The van der Waals surface area contributed by atoms with Gasteiger partial charge in [0.2, 0.25) is 5.88 Å². The summed E-state index contributed by atoms with van der Waals surface area (Å²) in [6.45, 7) is 6.03. The van der Waals surface area contributed by atoms with Gasteiger partial charge in [-0.3, -0.25) is 4.98 Å². The lowest BCUT2D eigenvalue weighted by Gasteiger charge is -2.24. The van der Waals surface area contributed by atoms with Crippen LogP contribution in [0.1, 0.15) is 39.1 Å². The van der Waals surface area contributed by atoms with Crippen molar-refractivity contribution in [2.75, 3.05) is 0 Å². The van der Waals surface area contributed by atoms with Gasteiger partial charge in [0.05, 0.1) is 17.9 Å². The molecule has 2 aromatic carbocycles. The van der Waals surface area contributed by atoms with Gasteiger partial charge >= 0.3 is 0 Å². The zero-order valence-electron chi connectivity index (χ0n) is 18.9. The summed E-state index contributed by atoms with van der Waals surface area (Å²) in [6.07, 6.45) is 2.33. The predicted octanol–water partition coefficient (Wildman–Crippen LogP) is 5.94. The van der Waals surface area contributed by atoms with Crippen LogP contribution in [0.5, 0.6) is 11.6 Å². The number of aliphatic hydroxyl groups is 1. The molecule has 5 rings (SSSR count). The molecule has 0 saturated heterocycles. The first kappa shape index (κ1) is 21.6. The molecule has 0 atom stereocenters. The SMILES string of the molecule is Cc1cccc(-c2nc3c(c(SCc4ccccc4C)n2)Cc2c(CO)cnc(C)c2O3)c1. The maximum absolute atomic E-state index is 9.87. The number of thioether (sulfide) groups is 1. The van der Waals surface area contributed by atoms with Crippen LogP contribution in [0, 0.1) is 20.8 Å². The van der Waals surface area contributed by atoms with Crippen LogP contribution in [0.2, 0.25) is 0 Å². The Morgan fingerprint density at radius 1 is 0.970 bits per heavy atom. The molecular formula is C27H25N3O2S. The standard InChI is InChI=1S/C27H25N3O2S/c1-16-7-6-10-19(11-16)25-29-26-23(12-22-21(14-31)13-28-18(3)24(22)32-26)27(30-25)33-15-20-9-5-4-8-17(20)2/h4-11,13,31H,12,14-15H2,1-3H3. The van der Waals surface area contributed by atoms with E-state index in [4.69, 9.17) is 14.7 Å². The summed E-state index contributed by atoms with van der Waals surface area (Å²) in [5.74, 6) is 2.72. The number of rotatable bonds is 5. The van der Waals surface area contributed by atoms with Gasteiger partial charge in [0.1, 0.15) is 5.03 Å². The van der Waals surface area contributed by atoms with Gasteiger partial charge in [-0.25, -0.2) is 4.98 Å². The van der Waals surface area contributed by atoms with Crippen molar-refractivity contribution < 1.29 is 9.84 Å². The average molecular weight is 456 g/mol. The molecule has 4 aromatic rings. The molecule has 0 bridgehead atoms. The maximum Gasteiger partial charge on any atom is 0.227 e. The maximum atomic E-state index is 9.87. The van der Waals surface area contributed by atoms with Crippen LogP contribution in [-0.4, -0.2) is 20.1 Å². The normalized spacial score (nSPS) is 12.1. The Balaban J connectivity index is 1.61. The first-order valence-electron chi connectivity index (χ1n) is 10.9. The second kappa shape index (κ2) is 8.96. The Hall–Kier alpha value is -3.22. The molecular weight excluding hydrogens is 430 g/mol. The first-order chi connectivity index (χ1) is 16.0. The molecule has 0 spiro atoms. The molecule has 0 unspecified atom stereocenters. The van der Waals surface area contributed by atoms with E-state index >= 15 is 0 Å². The van der Waals surface area contributed by atoms with Gasteiger partial charge in [-0.1, -0.05) is 48.0 Å². The monoisotopic (exact) mass is 455 g/mol. The summed E-state index contributed by atoms with van der Waals surface area (Å²) in [6, 6.07) is 16.6. The molecule has 6 heteroatoms. The van der Waals surface area contributed by atoms with E-state index in [0.717, 1.165) is 44.3 Å². The van der Waals surface area contributed by atoms with Crippen molar-refractivity contribution in [2.45, 2.75) is 44.6 Å². The summed E-state index contributed by atoms with van der Waals surface area (Å²) in [5.41, 5.74) is 8.14. The minimum atomic E-state index is -0.0811. The van der Waals surface area contributed by atoms with E-state index in [2.05, 4.69) is 55.2 Å². The fourth-order valence-electron chi connectivity index (χ4n) is 4.04. The highest BCUT2D eigenvalue weighted by Gasteiger charge is 2.27. The van der Waals surface area contributed by atoms with Crippen LogP contribution in [0.15, 0.2) is 59.8 Å². The van der Waals surface area contributed by atoms with Crippen molar-refractivity contribution in [2.24, 2.45) is 0 Å². The highest BCUT2D eigenvalue weighted by molar-refractivity contribution is 7.98. The smallest absolute Gasteiger partial charge is 0.227 e. The molecule has 1 aliphatic heterocycles. The number of pyridine rings is 1. The van der Waals surface area contributed by atoms with Crippen LogP contribution >= 0.6 is 11.8 Å². The molecule has 5 nitrogen and oxygen atoms in total. The topological polar surface area (TPSA) is 68.1 Å². The van der Waals surface area contributed by atoms with E-state index in [1.165, 1.54) is 11.1 Å². The van der Waals surface area contributed by atoms with Gasteiger partial charge in [-0.15, -0.1) is 11.8 Å². The molecule has 33 heavy (non-hydrogen) atoms. The van der Waals surface area contributed by atoms with Crippen LogP contribution in [0.4, 0.5) is 0 Å². The van der Waals surface area contributed by atoms with Gasteiger partial charge in [-0.2, -0.15) is 4.98 Å². The van der Waals surface area contributed by atoms with E-state index in [1.54, 1.807) is 18.0 Å². The fourth-order valence-corrected chi connectivity index (χ4v) is 5.15. The third-order valence-electron chi connectivity index (χ3n) is 5.96. The minimum Gasteiger partial charge on any atom is -0.436 e. The summed E-state index contributed by atoms with van der Waals surface area (Å²) < 4.78 is 6.32. The van der Waals surface area contributed by atoms with Crippen molar-refractivity contribution in [3.8, 4) is 23.0 Å². The zero-order chi connectivity index (χ0) is 22.9. The van der Waals surface area contributed by atoms with Crippen LogP contribution in [0.3, 0.4) is 0 Å². The summed E-state index contributed by atoms with van der Waals surface area (Å²) in [7, 11) is 0. The molecule has 1 aliphatic rings. The highest BCUT2D eigenvalue weighted by Crippen LogP contribution is 2.43. The Morgan fingerprint density at radius 2 is 1.82 bits per heavy atom. The molecule has 0 fully saturated rings. The number of hydrogen-bond acceptors (Lipinski definition) is 6. The van der Waals surface area contributed by atoms with Crippen LogP contribution in [-0.2, 0) is 18.8 Å². The number of fused-ring (bicyclic) bond motifs is 2.